The summed E-state index contributed by atoms with van der Waals surface area (Å²) in [6, 6.07) is 4.98. The Labute approximate surface area is 80.4 Å². The predicted octanol–water partition coefficient (Wildman–Crippen LogP) is 0.302. The van der Waals surface area contributed by atoms with Crippen LogP contribution in [0.2, 0.25) is 0 Å². The molecule has 0 saturated carbocycles. The summed E-state index contributed by atoms with van der Waals surface area (Å²) in [7, 11) is 0. The molecule has 0 radical (unpaired) electrons. The van der Waals surface area contributed by atoms with Crippen LogP contribution in [0.15, 0.2) is 18.2 Å². The highest BCUT2D eigenvalue weighted by Gasteiger charge is 2.16. The summed E-state index contributed by atoms with van der Waals surface area (Å²) < 4.78 is 5.15. The van der Waals surface area contributed by atoms with Crippen molar-refractivity contribution in [1.82, 2.24) is 0 Å². The number of hydrogen-bond donors (Lipinski definition) is 3. The molecular formula is C9H9N3O2. The summed E-state index contributed by atoms with van der Waals surface area (Å²) in [6.45, 7) is 0.0341. The van der Waals surface area contributed by atoms with Crippen molar-refractivity contribution in [2.24, 2.45) is 5.73 Å². The lowest BCUT2D eigenvalue weighted by atomic mass is 10.1. The van der Waals surface area contributed by atoms with Crippen LogP contribution in [0.1, 0.15) is 5.56 Å². The van der Waals surface area contributed by atoms with Crippen LogP contribution in [0.25, 0.3) is 0 Å². The van der Waals surface area contributed by atoms with Crippen LogP contribution in [-0.2, 0) is 4.79 Å². The Morgan fingerprint density at radius 3 is 3.07 bits per heavy atom. The van der Waals surface area contributed by atoms with Gasteiger partial charge in [0.1, 0.15) is 11.6 Å². The van der Waals surface area contributed by atoms with E-state index >= 15 is 0 Å². The Balaban J connectivity index is 2.42. The van der Waals surface area contributed by atoms with Gasteiger partial charge in [0.2, 0.25) is 0 Å². The number of nitrogens with two attached hydrogens (primary N) is 1. The van der Waals surface area contributed by atoms with Crippen molar-refractivity contribution in [2.75, 3.05) is 11.9 Å². The molecular weight excluding hydrogens is 182 g/mol. The van der Waals surface area contributed by atoms with Crippen LogP contribution in [-0.4, -0.2) is 18.3 Å². The van der Waals surface area contributed by atoms with Crippen molar-refractivity contribution in [3.8, 4) is 5.75 Å². The van der Waals surface area contributed by atoms with E-state index in [1.165, 1.54) is 0 Å². The molecule has 72 valence electrons. The van der Waals surface area contributed by atoms with Crippen LogP contribution in [0, 0.1) is 5.41 Å². The molecule has 0 aliphatic carbocycles. The minimum absolute atomic E-state index is 0.0341. The van der Waals surface area contributed by atoms with Gasteiger partial charge in [-0.3, -0.25) is 10.2 Å². The maximum Gasteiger partial charge on any atom is 0.262 e. The molecule has 1 aliphatic rings. The Morgan fingerprint density at radius 2 is 2.36 bits per heavy atom. The van der Waals surface area contributed by atoms with Crippen molar-refractivity contribution in [1.29, 1.82) is 5.41 Å². The SMILES string of the molecule is N=C(N)c1ccc2c(c1)NC(=O)CO2. The molecule has 1 aromatic carbocycles. The molecule has 5 nitrogen and oxygen atoms in total. The van der Waals surface area contributed by atoms with Gasteiger partial charge in [0, 0.05) is 5.56 Å². The molecule has 0 saturated heterocycles. The summed E-state index contributed by atoms with van der Waals surface area (Å²) in [5.74, 6) is 0.375. The van der Waals surface area contributed by atoms with Gasteiger partial charge in [-0.15, -0.1) is 0 Å². The van der Waals surface area contributed by atoms with E-state index in [0.29, 0.717) is 17.0 Å². The quantitative estimate of drug-likeness (QED) is 0.440. The lowest BCUT2D eigenvalue weighted by Gasteiger charge is -2.18. The van der Waals surface area contributed by atoms with Crippen molar-refractivity contribution in [3.05, 3.63) is 23.8 Å². The van der Waals surface area contributed by atoms with E-state index in [-0.39, 0.29) is 18.3 Å². The normalized spacial score (nSPS) is 13.9. The smallest absolute Gasteiger partial charge is 0.262 e. The highest BCUT2D eigenvalue weighted by atomic mass is 16.5. The van der Waals surface area contributed by atoms with Gasteiger partial charge in [-0.25, -0.2) is 0 Å². The zero-order valence-electron chi connectivity index (χ0n) is 7.33. The number of carbonyl (C=O) groups is 1. The van der Waals surface area contributed by atoms with E-state index in [0.717, 1.165) is 0 Å². The minimum Gasteiger partial charge on any atom is -0.482 e. The largest absolute Gasteiger partial charge is 0.482 e. The molecule has 1 aliphatic heterocycles. The van der Waals surface area contributed by atoms with Gasteiger partial charge in [-0.05, 0) is 18.2 Å². The molecule has 2 rings (SSSR count). The van der Waals surface area contributed by atoms with Gasteiger partial charge in [-0.2, -0.15) is 0 Å². The number of rotatable bonds is 1. The standard InChI is InChI=1S/C9H9N3O2/c10-9(11)5-1-2-7-6(3-5)12-8(13)4-14-7/h1-3H,4H2,(H3,10,11)(H,12,13). The Hall–Kier alpha value is -2.04. The van der Waals surface area contributed by atoms with Gasteiger partial charge in [0.05, 0.1) is 5.69 Å². The van der Waals surface area contributed by atoms with Crippen molar-refractivity contribution in [3.63, 3.8) is 0 Å². The van der Waals surface area contributed by atoms with E-state index < -0.39 is 0 Å². The fourth-order valence-electron chi connectivity index (χ4n) is 1.25. The lowest BCUT2D eigenvalue weighted by molar-refractivity contribution is -0.118. The third-order valence-corrected chi connectivity index (χ3v) is 1.92. The number of amidine groups is 1. The predicted molar refractivity (Wildman–Crippen MR) is 51.6 cm³/mol. The van der Waals surface area contributed by atoms with Gasteiger partial charge < -0.3 is 15.8 Å². The first-order valence-corrected chi connectivity index (χ1v) is 4.08. The highest BCUT2D eigenvalue weighted by molar-refractivity contribution is 6.00. The second-order valence-electron chi connectivity index (χ2n) is 2.96. The Bertz CT molecular complexity index is 415. The average Bonchev–Trinajstić information content (AvgIpc) is 2.16. The summed E-state index contributed by atoms with van der Waals surface area (Å²) in [5.41, 5.74) is 6.44. The van der Waals surface area contributed by atoms with Crippen LogP contribution in [0.4, 0.5) is 5.69 Å². The lowest BCUT2D eigenvalue weighted by Crippen LogP contribution is -2.25. The van der Waals surface area contributed by atoms with Crippen molar-refractivity contribution >= 4 is 17.4 Å². The number of ether oxygens (including phenoxy) is 1. The van der Waals surface area contributed by atoms with Crippen molar-refractivity contribution in [2.45, 2.75) is 0 Å². The fraction of sp³-hybridized carbons (Fsp3) is 0.111. The molecule has 0 unspecified atom stereocenters. The summed E-state index contributed by atoms with van der Waals surface area (Å²) in [4.78, 5) is 11.0. The van der Waals surface area contributed by atoms with E-state index in [2.05, 4.69) is 5.32 Å². The number of nitrogens with one attached hydrogen (secondary N) is 2. The number of nitrogen functional groups attached to an aromatic ring is 1. The monoisotopic (exact) mass is 191 g/mol. The number of amides is 1. The summed E-state index contributed by atoms with van der Waals surface area (Å²) in [5, 5.41) is 9.87. The molecule has 14 heavy (non-hydrogen) atoms. The number of anilines is 1. The molecule has 0 bridgehead atoms. The van der Waals surface area contributed by atoms with Gasteiger partial charge in [-0.1, -0.05) is 0 Å². The van der Waals surface area contributed by atoms with Crippen molar-refractivity contribution < 1.29 is 9.53 Å². The first-order valence-electron chi connectivity index (χ1n) is 4.08. The van der Waals surface area contributed by atoms with Crippen LogP contribution in [0.5, 0.6) is 5.75 Å². The second kappa shape index (κ2) is 3.02. The highest BCUT2D eigenvalue weighted by Crippen LogP contribution is 2.28. The molecule has 4 N–H and O–H groups in total. The third-order valence-electron chi connectivity index (χ3n) is 1.92. The molecule has 5 heteroatoms. The van der Waals surface area contributed by atoms with E-state index in [9.17, 15) is 4.79 Å². The van der Waals surface area contributed by atoms with Gasteiger partial charge in [0.25, 0.3) is 5.91 Å². The van der Waals surface area contributed by atoms with E-state index in [1.54, 1.807) is 18.2 Å². The molecule has 0 aromatic heterocycles. The first kappa shape index (κ1) is 8.55. The van der Waals surface area contributed by atoms with E-state index in [4.69, 9.17) is 15.9 Å². The summed E-state index contributed by atoms with van der Waals surface area (Å²) >= 11 is 0. The third kappa shape index (κ3) is 1.39. The molecule has 0 atom stereocenters. The minimum atomic E-state index is -0.196. The number of hydrogen-bond acceptors (Lipinski definition) is 3. The molecule has 1 heterocycles. The molecule has 1 amide bonds. The van der Waals surface area contributed by atoms with Crippen LogP contribution >= 0.6 is 0 Å². The van der Waals surface area contributed by atoms with Gasteiger partial charge >= 0.3 is 0 Å². The number of fused-ring (bicyclic) bond motifs is 1. The maximum atomic E-state index is 11.0. The maximum absolute atomic E-state index is 11.0. The van der Waals surface area contributed by atoms with E-state index in [1.807, 2.05) is 0 Å². The fourth-order valence-corrected chi connectivity index (χ4v) is 1.25. The second-order valence-corrected chi connectivity index (χ2v) is 2.96. The first-order chi connectivity index (χ1) is 6.66. The average molecular weight is 191 g/mol. The number of carbonyl (C=O) groups excluding carboxylic acids is 1. The molecule has 0 fully saturated rings. The zero-order chi connectivity index (χ0) is 10.1. The Morgan fingerprint density at radius 1 is 1.57 bits per heavy atom. The topological polar surface area (TPSA) is 88.2 Å². The molecule has 0 spiro atoms. The molecule has 1 aromatic rings. The number of benzene rings is 1. The van der Waals surface area contributed by atoms with Gasteiger partial charge in [0.15, 0.2) is 6.61 Å². The zero-order valence-corrected chi connectivity index (χ0v) is 7.33. The van der Waals surface area contributed by atoms with Crippen LogP contribution < -0.4 is 15.8 Å². The Kier molecular flexibility index (Phi) is 1.85. The summed E-state index contributed by atoms with van der Waals surface area (Å²) in [6.07, 6.45) is 0. The van der Waals surface area contributed by atoms with Crippen LogP contribution in [0.3, 0.4) is 0 Å².